The number of hydrogen-bond acceptors (Lipinski definition) is 4. The molecule has 6 heteroatoms. The van der Waals surface area contributed by atoms with E-state index in [1.54, 1.807) is 23.9 Å². The van der Waals surface area contributed by atoms with E-state index in [9.17, 15) is 9.59 Å². The van der Waals surface area contributed by atoms with Gasteiger partial charge in [-0.2, -0.15) is 0 Å². The van der Waals surface area contributed by atoms with Gasteiger partial charge in [0.25, 0.3) is 5.91 Å². The summed E-state index contributed by atoms with van der Waals surface area (Å²) >= 11 is 1.60. The Kier molecular flexibility index (Phi) is 8.13. The second kappa shape index (κ2) is 11.5. The van der Waals surface area contributed by atoms with Crippen molar-refractivity contribution >= 4 is 35.0 Å². The van der Waals surface area contributed by atoms with Crippen LogP contribution in [-0.2, 0) is 4.79 Å². The lowest BCUT2D eigenvalue weighted by molar-refractivity contribution is -0.115. The van der Waals surface area contributed by atoms with Gasteiger partial charge >= 0.3 is 0 Å². The van der Waals surface area contributed by atoms with E-state index in [0.29, 0.717) is 29.5 Å². The molecule has 0 aromatic heterocycles. The van der Waals surface area contributed by atoms with Gasteiger partial charge in [-0.25, -0.2) is 0 Å². The first kappa shape index (κ1) is 24.9. The van der Waals surface area contributed by atoms with Gasteiger partial charge in [0.15, 0.2) is 0 Å². The average molecular weight is 489 g/mol. The molecule has 1 aliphatic heterocycles. The number of rotatable bonds is 9. The second-order valence-corrected chi connectivity index (χ2v) is 10.0. The minimum absolute atomic E-state index is 0.0907. The molecule has 182 valence electrons. The van der Waals surface area contributed by atoms with Crippen LogP contribution in [0.25, 0.3) is 0 Å². The summed E-state index contributed by atoms with van der Waals surface area (Å²) < 4.78 is 5.68. The molecule has 35 heavy (non-hydrogen) atoms. The highest BCUT2D eigenvalue weighted by atomic mass is 32.2. The second-order valence-electron chi connectivity index (χ2n) is 8.98. The van der Waals surface area contributed by atoms with Gasteiger partial charge in [-0.15, -0.1) is 11.8 Å². The van der Waals surface area contributed by atoms with Gasteiger partial charge < -0.3 is 10.1 Å². The molecule has 0 radical (unpaired) electrons. The number of hydrogen-bond donors (Lipinski definition) is 1. The van der Waals surface area contributed by atoms with Crippen LogP contribution in [0.3, 0.4) is 0 Å². The maximum atomic E-state index is 12.8. The molecule has 1 unspecified atom stereocenters. The largest absolute Gasteiger partial charge is 0.494 e. The Morgan fingerprint density at radius 1 is 1.09 bits per heavy atom. The smallest absolute Gasteiger partial charge is 0.255 e. The minimum atomic E-state index is -0.182. The summed E-state index contributed by atoms with van der Waals surface area (Å²) in [5.74, 6) is 1.54. The lowest BCUT2D eigenvalue weighted by Gasteiger charge is -2.25. The molecule has 0 saturated carbocycles. The summed E-state index contributed by atoms with van der Waals surface area (Å²) in [5, 5.41) is 2.85. The molecule has 4 rings (SSSR count). The van der Waals surface area contributed by atoms with Crippen LogP contribution in [0, 0.1) is 0 Å². The van der Waals surface area contributed by atoms with Crippen molar-refractivity contribution in [2.45, 2.75) is 44.9 Å². The highest BCUT2D eigenvalue weighted by Crippen LogP contribution is 2.42. The van der Waals surface area contributed by atoms with Crippen LogP contribution < -0.4 is 15.0 Å². The third kappa shape index (κ3) is 6.06. The molecule has 1 fully saturated rings. The van der Waals surface area contributed by atoms with E-state index in [0.717, 1.165) is 29.8 Å². The number of nitrogens with one attached hydrogen (secondary N) is 1. The Balaban J connectivity index is 1.47. The first-order valence-electron chi connectivity index (χ1n) is 12.1. The zero-order valence-corrected chi connectivity index (χ0v) is 21.3. The first-order valence-corrected chi connectivity index (χ1v) is 13.2. The molecular formula is C29H32N2O3S. The van der Waals surface area contributed by atoms with Crippen LogP contribution >= 0.6 is 11.8 Å². The van der Waals surface area contributed by atoms with Crippen molar-refractivity contribution in [3.8, 4) is 5.75 Å². The number of benzene rings is 3. The van der Waals surface area contributed by atoms with E-state index in [-0.39, 0.29) is 17.2 Å². The standard InChI is InChI=1S/C29H32N2O3S/c1-4-5-17-34-26-15-11-22(12-16-26)28(33)30-24-8-6-7-23(18-24)29-31(27(32)19-35-29)25-13-9-21(10-14-25)20(2)3/h6-16,18,20,29H,4-5,17,19H2,1-3H3,(H,30,33). The molecule has 0 aliphatic carbocycles. The molecule has 1 heterocycles. The molecule has 2 amide bonds. The van der Waals surface area contributed by atoms with Crippen LogP contribution in [0.5, 0.6) is 5.75 Å². The van der Waals surface area contributed by atoms with Gasteiger partial charge in [0, 0.05) is 16.9 Å². The summed E-state index contributed by atoms with van der Waals surface area (Å²) in [5.41, 5.74) is 4.38. The Morgan fingerprint density at radius 2 is 1.83 bits per heavy atom. The van der Waals surface area contributed by atoms with Crippen LogP contribution in [0.15, 0.2) is 72.8 Å². The third-order valence-corrected chi connectivity index (χ3v) is 7.23. The predicted octanol–water partition coefficient (Wildman–Crippen LogP) is 7.02. The number of anilines is 2. The number of ether oxygens (including phenoxy) is 1. The lowest BCUT2D eigenvalue weighted by Crippen LogP contribution is -2.27. The molecule has 5 nitrogen and oxygen atoms in total. The Morgan fingerprint density at radius 3 is 2.51 bits per heavy atom. The molecule has 0 bridgehead atoms. The molecule has 1 N–H and O–H groups in total. The maximum absolute atomic E-state index is 12.8. The van der Waals surface area contributed by atoms with Crippen molar-refractivity contribution in [2.24, 2.45) is 0 Å². The normalized spacial score (nSPS) is 15.5. The van der Waals surface area contributed by atoms with Gasteiger partial charge in [-0.05, 0) is 72.0 Å². The summed E-state index contributed by atoms with van der Waals surface area (Å²) in [6, 6.07) is 23.1. The van der Waals surface area contributed by atoms with Crippen molar-refractivity contribution in [2.75, 3.05) is 22.6 Å². The van der Waals surface area contributed by atoms with Crippen LogP contribution in [0.2, 0.25) is 0 Å². The zero-order valence-electron chi connectivity index (χ0n) is 20.5. The molecule has 3 aromatic rings. The number of carbonyl (C=O) groups is 2. The fourth-order valence-corrected chi connectivity index (χ4v) is 5.15. The quantitative estimate of drug-likeness (QED) is 0.329. The van der Waals surface area contributed by atoms with E-state index < -0.39 is 0 Å². The Labute approximate surface area is 211 Å². The van der Waals surface area contributed by atoms with Crippen molar-refractivity contribution in [1.29, 1.82) is 0 Å². The van der Waals surface area contributed by atoms with Crippen molar-refractivity contribution in [3.05, 3.63) is 89.5 Å². The van der Waals surface area contributed by atoms with Gasteiger partial charge in [-0.1, -0.05) is 51.5 Å². The number of carbonyl (C=O) groups excluding carboxylic acids is 2. The van der Waals surface area contributed by atoms with E-state index in [4.69, 9.17) is 4.74 Å². The molecule has 1 atom stereocenters. The summed E-state index contributed by atoms with van der Waals surface area (Å²) in [6.07, 6.45) is 2.08. The third-order valence-electron chi connectivity index (χ3n) is 6.02. The van der Waals surface area contributed by atoms with E-state index in [1.807, 2.05) is 53.4 Å². The van der Waals surface area contributed by atoms with E-state index in [2.05, 4.69) is 38.2 Å². The van der Waals surface area contributed by atoms with Crippen molar-refractivity contribution in [3.63, 3.8) is 0 Å². The van der Waals surface area contributed by atoms with Crippen molar-refractivity contribution in [1.82, 2.24) is 0 Å². The summed E-state index contributed by atoms with van der Waals surface area (Å²) in [4.78, 5) is 27.4. The predicted molar refractivity (Wildman–Crippen MR) is 144 cm³/mol. The van der Waals surface area contributed by atoms with Gasteiger partial charge in [0.05, 0.1) is 12.4 Å². The van der Waals surface area contributed by atoms with Crippen LogP contribution in [0.1, 0.15) is 66.4 Å². The highest BCUT2D eigenvalue weighted by Gasteiger charge is 2.34. The number of unbranched alkanes of at least 4 members (excludes halogenated alkanes) is 1. The number of amides is 2. The van der Waals surface area contributed by atoms with Crippen molar-refractivity contribution < 1.29 is 14.3 Å². The van der Waals surface area contributed by atoms with Gasteiger partial charge in [-0.3, -0.25) is 14.5 Å². The number of thioether (sulfide) groups is 1. The summed E-state index contributed by atoms with van der Waals surface area (Å²) in [6.45, 7) is 7.11. The molecule has 1 saturated heterocycles. The lowest BCUT2D eigenvalue weighted by atomic mass is 10.0. The van der Waals surface area contributed by atoms with Gasteiger partial charge in [0.2, 0.25) is 5.91 Å². The van der Waals surface area contributed by atoms with E-state index in [1.165, 1.54) is 5.56 Å². The molecule has 3 aromatic carbocycles. The monoisotopic (exact) mass is 488 g/mol. The highest BCUT2D eigenvalue weighted by molar-refractivity contribution is 8.00. The molecular weight excluding hydrogens is 456 g/mol. The van der Waals surface area contributed by atoms with Gasteiger partial charge in [0.1, 0.15) is 11.1 Å². The fourth-order valence-electron chi connectivity index (χ4n) is 3.98. The minimum Gasteiger partial charge on any atom is -0.494 e. The average Bonchev–Trinajstić information content (AvgIpc) is 3.26. The Bertz CT molecular complexity index is 1160. The van der Waals surface area contributed by atoms with E-state index >= 15 is 0 Å². The maximum Gasteiger partial charge on any atom is 0.255 e. The number of nitrogens with zero attached hydrogens (tertiary/aromatic N) is 1. The SMILES string of the molecule is CCCCOc1ccc(C(=O)Nc2cccc(C3SCC(=O)N3c3ccc(C(C)C)cc3)c2)cc1. The first-order chi connectivity index (χ1) is 17.0. The fraction of sp³-hybridized carbons (Fsp3) is 0.310. The van der Waals surface area contributed by atoms with Crippen LogP contribution in [0.4, 0.5) is 11.4 Å². The Hall–Kier alpha value is -3.25. The van der Waals surface area contributed by atoms with Crippen LogP contribution in [-0.4, -0.2) is 24.2 Å². The topological polar surface area (TPSA) is 58.6 Å². The molecule has 1 aliphatic rings. The summed E-state index contributed by atoms with van der Waals surface area (Å²) in [7, 11) is 0. The molecule has 0 spiro atoms. The zero-order chi connectivity index (χ0) is 24.8.